The lowest BCUT2D eigenvalue weighted by Gasteiger charge is -2.16. The van der Waals surface area contributed by atoms with Gasteiger partial charge in [0.15, 0.2) is 0 Å². The topological polar surface area (TPSA) is 58.6 Å². The molecule has 0 bridgehead atoms. The number of nitrogens with one attached hydrogen (secondary N) is 1. The van der Waals surface area contributed by atoms with Crippen LogP contribution in [0.4, 0.5) is 5.69 Å². The van der Waals surface area contributed by atoms with Gasteiger partial charge in [0.25, 0.3) is 0 Å². The Bertz CT molecular complexity index is 355. The summed E-state index contributed by atoms with van der Waals surface area (Å²) in [6, 6.07) is 6.35. The molecule has 0 aliphatic carbocycles. The largest absolute Gasteiger partial charge is 0.508 e. The second kappa shape index (κ2) is 4.21. The van der Waals surface area contributed by atoms with Crippen LogP contribution in [0.1, 0.15) is 20.8 Å². The third kappa shape index (κ3) is 3.50. The van der Waals surface area contributed by atoms with Crippen molar-refractivity contribution in [3.63, 3.8) is 0 Å². The van der Waals surface area contributed by atoms with Gasteiger partial charge >= 0.3 is 5.97 Å². The van der Waals surface area contributed by atoms with Crippen LogP contribution in [0, 0.1) is 5.41 Å². The molecule has 0 aliphatic heterocycles. The minimum atomic E-state index is -0.552. The van der Waals surface area contributed by atoms with E-state index in [1.165, 1.54) is 12.1 Å². The number of phenolic OH excluding ortho intramolecular Hbond substituents is 1. The predicted octanol–water partition coefficient (Wildman–Crippen LogP) is 2.31. The number of hydrogen-bond donors (Lipinski definition) is 2. The first-order chi connectivity index (χ1) is 6.89. The summed E-state index contributed by atoms with van der Waals surface area (Å²) in [6.45, 7) is 5.29. The van der Waals surface area contributed by atoms with Crippen LogP contribution in [0.3, 0.4) is 0 Å². The molecule has 1 aromatic carbocycles. The van der Waals surface area contributed by atoms with E-state index in [0.29, 0.717) is 5.69 Å². The van der Waals surface area contributed by atoms with Gasteiger partial charge in [-0.05, 0) is 32.9 Å². The van der Waals surface area contributed by atoms with E-state index in [4.69, 9.17) is 9.94 Å². The molecule has 0 spiro atoms. The summed E-state index contributed by atoms with van der Waals surface area (Å²) in [5, 5.41) is 9.16. The maximum atomic E-state index is 11.4. The van der Waals surface area contributed by atoms with Crippen molar-refractivity contribution in [3.05, 3.63) is 24.3 Å². The maximum Gasteiger partial charge on any atom is 0.337 e. The second-order valence-corrected chi connectivity index (χ2v) is 4.29. The highest BCUT2D eigenvalue weighted by Gasteiger charge is 2.23. The minimum Gasteiger partial charge on any atom is -0.508 e. The van der Waals surface area contributed by atoms with Crippen molar-refractivity contribution in [1.82, 2.24) is 0 Å². The van der Waals surface area contributed by atoms with Gasteiger partial charge in [-0.1, -0.05) is 6.07 Å². The maximum absolute atomic E-state index is 11.4. The van der Waals surface area contributed by atoms with Gasteiger partial charge in [-0.3, -0.25) is 0 Å². The smallest absolute Gasteiger partial charge is 0.337 e. The predicted molar refractivity (Wildman–Crippen MR) is 57.3 cm³/mol. The summed E-state index contributed by atoms with van der Waals surface area (Å²) in [7, 11) is 0. The zero-order valence-electron chi connectivity index (χ0n) is 9.07. The van der Waals surface area contributed by atoms with Crippen molar-refractivity contribution < 1.29 is 14.7 Å². The van der Waals surface area contributed by atoms with Crippen molar-refractivity contribution in [3.8, 4) is 5.75 Å². The van der Waals surface area contributed by atoms with Gasteiger partial charge in [-0.25, -0.2) is 10.3 Å². The quantitative estimate of drug-likeness (QED) is 0.734. The SMILES string of the molecule is CC(C)(C)C(=O)ONc1cccc(O)c1. The molecule has 1 rings (SSSR count). The fourth-order valence-electron chi connectivity index (χ4n) is 0.828. The molecule has 1 aromatic rings. The number of aromatic hydroxyl groups is 1. The Balaban J connectivity index is 2.55. The van der Waals surface area contributed by atoms with Crippen molar-refractivity contribution in [2.45, 2.75) is 20.8 Å². The summed E-state index contributed by atoms with van der Waals surface area (Å²) in [4.78, 5) is 16.2. The molecule has 0 aliphatic rings. The van der Waals surface area contributed by atoms with Gasteiger partial charge in [0.2, 0.25) is 0 Å². The van der Waals surface area contributed by atoms with Gasteiger partial charge in [0.05, 0.1) is 11.1 Å². The van der Waals surface area contributed by atoms with E-state index in [2.05, 4.69) is 5.48 Å². The molecule has 4 nitrogen and oxygen atoms in total. The van der Waals surface area contributed by atoms with Crippen molar-refractivity contribution in [2.75, 3.05) is 5.48 Å². The minimum absolute atomic E-state index is 0.117. The van der Waals surface area contributed by atoms with Crippen LogP contribution in [0.15, 0.2) is 24.3 Å². The third-order valence-corrected chi connectivity index (χ3v) is 1.72. The molecule has 0 aromatic heterocycles. The van der Waals surface area contributed by atoms with Crippen LogP contribution in [0.2, 0.25) is 0 Å². The monoisotopic (exact) mass is 209 g/mol. The molecular formula is C11H15NO3. The van der Waals surface area contributed by atoms with Crippen LogP contribution in [0.5, 0.6) is 5.75 Å². The van der Waals surface area contributed by atoms with E-state index in [-0.39, 0.29) is 11.7 Å². The highest BCUT2D eigenvalue weighted by molar-refractivity contribution is 5.76. The Hall–Kier alpha value is -1.71. The Morgan fingerprint density at radius 3 is 2.60 bits per heavy atom. The lowest BCUT2D eigenvalue weighted by Crippen LogP contribution is -2.25. The average Bonchev–Trinajstić information content (AvgIpc) is 2.12. The highest BCUT2D eigenvalue weighted by atomic mass is 16.7. The molecule has 15 heavy (non-hydrogen) atoms. The summed E-state index contributed by atoms with van der Waals surface area (Å²) in [5.74, 6) is -0.238. The van der Waals surface area contributed by atoms with Crippen LogP contribution in [-0.4, -0.2) is 11.1 Å². The summed E-state index contributed by atoms with van der Waals surface area (Å²) in [6.07, 6.45) is 0. The lowest BCUT2D eigenvalue weighted by atomic mass is 9.98. The first kappa shape index (κ1) is 11.4. The third-order valence-electron chi connectivity index (χ3n) is 1.72. The average molecular weight is 209 g/mol. The molecule has 0 unspecified atom stereocenters. The molecule has 0 saturated carbocycles. The zero-order valence-corrected chi connectivity index (χ0v) is 9.07. The molecule has 0 fully saturated rings. The van der Waals surface area contributed by atoms with Crippen LogP contribution < -0.4 is 5.48 Å². The normalized spacial score (nSPS) is 10.9. The van der Waals surface area contributed by atoms with Crippen LogP contribution in [0.25, 0.3) is 0 Å². The van der Waals surface area contributed by atoms with Gasteiger partial charge in [-0.15, -0.1) is 0 Å². The Labute approximate surface area is 88.8 Å². The van der Waals surface area contributed by atoms with E-state index in [1.807, 2.05) is 0 Å². The van der Waals surface area contributed by atoms with Gasteiger partial charge in [0, 0.05) is 6.07 Å². The number of carbonyl (C=O) groups is 1. The van der Waals surface area contributed by atoms with E-state index >= 15 is 0 Å². The standard InChI is InChI=1S/C11H15NO3/c1-11(2,3)10(14)15-12-8-5-4-6-9(13)7-8/h4-7,12-13H,1-3H3. The summed E-state index contributed by atoms with van der Waals surface area (Å²) < 4.78 is 0. The molecule has 2 N–H and O–H groups in total. The first-order valence-corrected chi connectivity index (χ1v) is 4.66. The molecule has 0 radical (unpaired) electrons. The second-order valence-electron chi connectivity index (χ2n) is 4.29. The van der Waals surface area contributed by atoms with Gasteiger partial charge in [-0.2, -0.15) is 0 Å². The molecule has 0 amide bonds. The van der Waals surface area contributed by atoms with E-state index in [0.717, 1.165) is 0 Å². The number of hydrogen-bond acceptors (Lipinski definition) is 4. The van der Waals surface area contributed by atoms with Crippen LogP contribution >= 0.6 is 0 Å². The fraction of sp³-hybridized carbons (Fsp3) is 0.364. The molecule has 4 heteroatoms. The fourth-order valence-corrected chi connectivity index (χ4v) is 0.828. The molecule has 82 valence electrons. The Morgan fingerprint density at radius 1 is 1.40 bits per heavy atom. The summed E-state index contributed by atoms with van der Waals surface area (Å²) in [5.41, 5.74) is 2.47. The Morgan fingerprint density at radius 2 is 2.07 bits per heavy atom. The number of anilines is 1. The molecule has 0 heterocycles. The van der Waals surface area contributed by atoms with Crippen molar-refractivity contribution in [1.29, 1.82) is 0 Å². The van der Waals surface area contributed by atoms with E-state index in [9.17, 15) is 4.79 Å². The number of rotatable bonds is 2. The number of phenols is 1. The first-order valence-electron chi connectivity index (χ1n) is 4.66. The van der Waals surface area contributed by atoms with Gasteiger partial charge < -0.3 is 9.94 Å². The van der Waals surface area contributed by atoms with Crippen molar-refractivity contribution in [2.24, 2.45) is 5.41 Å². The van der Waals surface area contributed by atoms with E-state index in [1.54, 1.807) is 32.9 Å². The van der Waals surface area contributed by atoms with Crippen molar-refractivity contribution >= 4 is 11.7 Å². The van der Waals surface area contributed by atoms with Crippen LogP contribution in [-0.2, 0) is 9.63 Å². The number of carbonyl (C=O) groups excluding carboxylic acids is 1. The molecule has 0 saturated heterocycles. The lowest BCUT2D eigenvalue weighted by molar-refractivity contribution is -0.149. The molecule has 0 atom stereocenters. The Kier molecular flexibility index (Phi) is 3.19. The van der Waals surface area contributed by atoms with E-state index < -0.39 is 5.41 Å². The van der Waals surface area contributed by atoms with Gasteiger partial charge in [0.1, 0.15) is 5.75 Å². The molecular weight excluding hydrogens is 194 g/mol. The summed E-state index contributed by atoms with van der Waals surface area (Å²) >= 11 is 0. The highest BCUT2D eigenvalue weighted by Crippen LogP contribution is 2.18. The zero-order chi connectivity index (χ0) is 11.5. The number of benzene rings is 1.